The zero-order valence-electron chi connectivity index (χ0n) is 17.3. The van der Waals surface area contributed by atoms with Gasteiger partial charge in [0.25, 0.3) is 0 Å². The number of nitrogens with one attached hydrogen (secondary N) is 2. The van der Waals surface area contributed by atoms with E-state index in [1.807, 2.05) is 24.3 Å². The number of piperidine rings is 1. The Balaban J connectivity index is 1.32. The van der Waals surface area contributed by atoms with Gasteiger partial charge in [-0.2, -0.15) is 0 Å². The Morgan fingerprint density at radius 2 is 1.93 bits per heavy atom. The highest BCUT2D eigenvalue weighted by Gasteiger charge is 2.31. The summed E-state index contributed by atoms with van der Waals surface area (Å²) in [5.74, 6) is 2.75. The smallest absolute Gasteiger partial charge is 0.191 e. The summed E-state index contributed by atoms with van der Waals surface area (Å²) in [6.07, 6.45) is 7.70. The van der Waals surface area contributed by atoms with E-state index in [0.717, 1.165) is 36.5 Å². The maximum absolute atomic E-state index is 5.44. The number of benzene rings is 1. The van der Waals surface area contributed by atoms with E-state index in [4.69, 9.17) is 14.1 Å². The lowest BCUT2D eigenvalue weighted by Gasteiger charge is -2.33. The Labute approximate surface area is 173 Å². The highest BCUT2D eigenvalue weighted by molar-refractivity contribution is 5.80. The minimum Gasteiger partial charge on any atom is -0.497 e. The Morgan fingerprint density at radius 3 is 2.59 bits per heavy atom. The SMILES string of the molecule is COc1ccc(CN=C(NCCc2ccco2)NC2CCN(C3CC3)CC2)cc1. The first-order valence-corrected chi connectivity index (χ1v) is 10.7. The lowest BCUT2D eigenvalue weighted by Crippen LogP contribution is -2.49. The highest BCUT2D eigenvalue weighted by Crippen LogP contribution is 2.29. The largest absolute Gasteiger partial charge is 0.497 e. The molecule has 2 heterocycles. The van der Waals surface area contributed by atoms with Crippen LogP contribution in [0.1, 0.15) is 37.0 Å². The minimum atomic E-state index is 0.482. The first kappa shape index (κ1) is 19.8. The highest BCUT2D eigenvalue weighted by atomic mass is 16.5. The Hall–Kier alpha value is -2.47. The normalized spacial score (nSPS) is 18.6. The lowest BCUT2D eigenvalue weighted by molar-refractivity contribution is 0.197. The number of nitrogens with zero attached hydrogens (tertiary/aromatic N) is 2. The summed E-state index contributed by atoms with van der Waals surface area (Å²) in [5.41, 5.74) is 1.17. The fourth-order valence-corrected chi connectivity index (χ4v) is 3.85. The predicted molar refractivity (Wildman–Crippen MR) is 115 cm³/mol. The number of aliphatic imine (C=N–C) groups is 1. The summed E-state index contributed by atoms with van der Waals surface area (Å²) in [5, 5.41) is 7.15. The monoisotopic (exact) mass is 396 g/mol. The van der Waals surface area contributed by atoms with Crippen LogP contribution in [-0.4, -0.2) is 49.7 Å². The predicted octanol–water partition coefficient (Wildman–Crippen LogP) is 3.19. The van der Waals surface area contributed by atoms with Crippen molar-refractivity contribution in [3.8, 4) is 5.75 Å². The Bertz CT molecular complexity index is 761. The molecule has 0 bridgehead atoms. The van der Waals surface area contributed by atoms with Crippen LogP contribution in [-0.2, 0) is 13.0 Å². The second-order valence-corrected chi connectivity index (χ2v) is 7.95. The van der Waals surface area contributed by atoms with Crippen LogP contribution < -0.4 is 15.4 Å². The minimum absolute atomic E-state index is 0.482. The van der Waals surface area contributed by atoms with Gasteiger partial charge in [0, 0.05) is 38.1 Å². The zero-order valence-corrected chi connectivity index (χ0v) is 17.3. The number of hydrogen-bond donors (Lipinski definition) is 2. The molecule has 0 unspecified atom stereocenters. The summed E-state index contributed by atoms with van der Waals surface area (Å²) in [7, 11) is 1.69. The third-order valence-electron chi connectivity index (χ3n) is 5.76. The summed E-state index contributed by atoms with van der Waals surface area (Å²) >= 11 is 0. The van der Waals surface area contributed by atoms with Crippen LogP contribution in [0.25, 0.3) is 0 Å². The molecule has 1 saturated heterocycles. The number of hydrogen-bond acceptors (Lipinski definition) is 4. The standard InChI is InChI=1S/C23H32N4O2/c1-28-21-8-4-18(5-9-21)17-25-23(24-13-10-22-3-2-16-29-22)26-19-11-14-27(15-12-19)20-6-7-20/h2-5,8-9,16,19-20H,6-7,10-15,17H2,1H3,(H2,24,25,26). The van der Waals surface area contributed by atoms with Gasteiger partial charge in [-0.3, -0.25) is 0 Å². The van der Waals surface area contributed by atoms with Crippen molar-refractivity contribution in [1.29, 1.82) is 0 Å². The van der Waals surface area contributed by atoms with Crippen molar-refractivity contribution in [3.05, 3.63) is 54.0 Å². The first-order chi connectivity index (χ1) is 14.3. The molecule has 1 saturated carbocycles. The number of ether oxygens (including phenoxy) is 1. The molecule has 0 atom stereocenters. The summed E-state index contributed by atoms with van der Waals surface area (Å²) in [6, 6.07) is 13.4. The van der Waals surface area contributed by atoms with Gasteiger partial charge in [0.05, 0.1) is 19.9 Å². The molecular weight excluding hydrogens is 364 g/mol. The summed E-state index contributed by atoms with van der Waals surface area (Å²) in [6.45, 7) is 3.82. The van der Waals surface area contributed by atoms with Crippen LogP contribution in [0.4, 0.5) is 0 Å². The van der Waals surface area contributed by atoms with Gasteiger partial charge in [-0.15, -0.1) is 0 Å². The van der Waals surface area contributed by atoms with E-state index in [9.17, 15) is 0 Å². The van der Waals surface area contributed by atoms with Crippen molar-refractivity contribution in [3.63, 3.8) is 0 Å². The Morgan fingerprint density at radius 1 is 1.14 bits per heavy atom. The molecule has 1 aromatic heterocycles. The molecule has 1 aliphatic carbocycles. The second kappa shape index (κ2) is 9.83. The van der Waals surface area contributed by atoms with E-state index in [1.54, 1.807) is 13.4 Å². The van der Waals surface area contributed by atoms with Crippen molar-refractivity contribution >= 4 is 5.96 Å². The molecular formula is C23H32N4O2. The quantitative estimate of drug-likeness (QED) is 0.530. The topological polar surface area (TPSA) is 62.0 Å². The number of likely N-dealkylation sites (tertiary alicyclic amines) is 1. The molecule has 29 heavy (non-hydrogen) atoms. The third kappa shape index (κ3) is 6.00. The summed E-state index contributed by atoms with van der Waals surface area (Å²) < 4.78 is 10.7. The zero-order chi connectivity index (χ0) is 19.9. The van der Waals surface area contributed by atoms with Crippen molar-refractivity contribution in [1.82, 2.24) is 15.5 Å². The molecule has 2 N–H and O–H groups in total. The number of guanidine groups is 1. The van der Waals surface area contributed by atoms with Gasteiger partial charge < -0.3 is 24.7 Å². The molecule has 6 nitrogen and oxygen atoms in total. The van der Waals surface area contributed by atoms with Gasteiger partial charge in [0.1, 0.15) is 11.5 Å². The number of furan rings is 1. The molecule has 0 spiro atoms. The summed E-state index contributed by atoms with van der Waals surface area (Å²) in [4.78, 5) is 7.49. The van der Waals surface area contributed by atoms with Gasteiger partial charge >= 0.3 is 0 Å². The van der Waals surface area contributed by atoms with Crippen LogP contribution in [0.15, 0.2) is 52.1 Å². The average Bonchev–Trinajstić information content (AvgIpc) is 3.49. The second-order valence-electron chi connectivity index (χ2n) is 7.95. The van der Waals surface area contributed by atoms with E-state index in [-0.39, 0.29) is 0 Å². The van der Waals surface area contributed by atoms with E-state index >= 15 is 0 Å². The van der Waals surface area contributed by atoms with Crippen LogP contribution in [0.3, 0.4) is 0 Å². The molecule has 0 amide bonds. The molecule has 2 aliphatic rings. The van der Waals surface area contributed by atoms with Crippen LogP contribution in [0.5, 0.6) is 5.75 Å². The van der Waals surface area contributed by atoms with E-state index in [2.05, 4.69) is 27.7 Å². The molecule has 1 aliphatic heterocycles. The fourth-order valence-electron chi connectivity index (χ4n) is 3.85. The van der Waals surface area contributed by atoms with Crippen LogP contribution >= 0.6 is 0 Å². The van der Waals surface area contributed by atoms with Gasteiger partial charge in [0.15, 0.2) is 5.96 Å². The van der Waals surface area contributed by atoms with Gasteiger partial charge in [-0.05, 0) is 55.5 Å². The molecule has 6 heteroatoms. The van der Waals surface area contributed by atoms with E-state index in [1.165, 1.54) is 44.3 Å². The Kier molecular flexibility index (Phi) is 6.72. The van der Waals surface area contributed by atoms with Crippen molar-refractivity contribution in [2.45, 2.75) is 50.7 Å². The molecule has 156 valence electrons. The maximum Gasteiger partial charge on any atom is 0.191 e. The lowest BCUT2D eigenvalue weighted by atomic mass is 10.1. The first-order valence-electron chi connectivity index (χ1n) is 10.7. The average molecular weight is 397 g/mol. The van der Waals surface area contributed by atoms with E-state index in [0.29, 0.717) is 12.6 Å². The van der Waals surface area contributed by atoms with Gasteiger partial charge in [-0.1, -0.05) is 12.1 Å². The van der Waals surface area contributed by atoms with Gasteiger partial charge in [-0.25, -0.2) is 4.99 Å². The molecule has 0 radical (unpaired) electrons. The fraction of sp³-hybridized carbons (Fsp3) is 0.522. The number of methoxy groups -OCH3 is 1. The van der Waals surface area contributed by atoms with Crippen LogP contribution in [0, 0.1) is 0 Å². The van der Waals surface area contributed by atoms with E-state index < -0.39 is 0 Å². The third-order valence-corrected chi connectivity index (χ3v) is 5.76. The van der Waals surface area contributed by atoms with Crippen molar-refractivity contribution in [2.24, 2.45) is 4.99 Å². The number of rotatable bonds is 8. The molecule has 4 rings (SSSR count). The molecule has 2 fully saturated rings. The van der Waals surface area contributed by atoms with Gasteiger partial charge in [0.2, 0.25) is 0 Å². The van der Waals surface area contributed by atoms with Crippen molar-refractivity contribution in [2.75, 3.05) is 26.7 Å². The maximum atomic E-state index is 5.44. The van der Waals surface area contributed by atoms with Crippen LogP contribution in [0.2, 0.25) is 0 Å². The molecule has 2 aromatic rings. The molecule has 1 aromatic carbocycles. The van der Waals surface area contributed by atoms with Crippen molar-refractivity contribution < 1.29 is 9.15 Å².